The molecule has 120 valence electrons. The van der Waals surface area contributed by atoms with Gasteiger partial charge in [-0.15, -0.1) is 10.2 Å². The third kappa shape index (κ3) is 2.65. The van der Waals surface area contributed by atoms with Crippen LogP contribution in [-0.4, -0.2) is 14.2 Å². The molecule has 4 aromatic rings. The fourth-order valence-corrected chi connectivity index (χ4v) is 3.83. The lowest BCUT2D eigenvalue weighted by atomic mass is 10.1. The molecule has 1 atom stereocenters. The highest BCUT2D eigenvalue weighted by Gasteiger charge is 2.24. The molecule has 0 bridgehead atoms. The Morgan fingerprint density at radius 1 is 1.08 bits per heavy atom. The molecule has 0 aliphatic heterocycles. The molecule has 6 heteroatoms. The molecule has 0 saturated carbocycles. The first kappa shape index (κ1) is 14.8. The van der Waals surface area contributed by atoms with Crippen LogP contribution in [0.5, 0.6) is 0 Å². The normalized spacial score (nSPS) is 12.5. The first-order valence-corrected chi connectivity index (χ1v) is 8.44. The molecule has 0 saturated heterocycles. The third-order valence-electron chi connectivity index (χ3n) is 3.90. The summed E-state index contributed by atoms with van der Waals surface area (Å²) in [5.74, 6) is 0.960. The van der Waals surface area contributed by atoms with Crippen molar-refractivity contribution in [2.75, 3.05) is 0 Å². The molecule has 0 N–H and O–H groups in total. The van der Waals surface area contributed by atoms with Crippen molar-refractivity contribution in [2.45, 2.75) is 19.4 Å². The highest BCUT2D eigenvalue weighted by atomic mass is 32.1. The van der Waals surface area contributed by atoms with Crippen molar-refractivity contribution in [2.24, 2.45) is 0 Å². The van der Waals surface area contributed by atoms with E-state index in [1.54, 1.807) is 10.9 Å². The van der Waals surface area contributed by atoms with Crippen LogP contribution in [0.4, 0.5) is 0 Å². The van der Waals surface area contributed by atoms with Gasteiger partial charge in [-0.1, -0.05) is 54.0 Å². The topological polar surface area (TPSA) is 60.9 Å². The number of benzene rings is 2. The SMILES string of the molecule is Cc1nnc([C@H](Cc2ccccc2)n2sc3ccccc3c2=O)o1. The average Bonchev–Trinajstić information content (AvgIpc) is 3.18. The average molecular weight is 337 g/mol. The number of hydrogen-bond donors (Lipinski definition) is 0. The lowest BCUT2D eigenvalue weighted by Gasteiger charge is -2.13. The molecule has 2 aromatic carbocycles. The molecule has 0 aliphatic rings. The lowest BCUT2D eigenvalue weighted by molar-refractivity contribution is 0.405. The van der Waals surface area contributed by atoms with E-state index in [2.05, 4.69) is 10.2 Å². The van der Waals surface area contributed by atoms with Crippen molar-refractivity contribution in [1.29, 1.82) is 0 Å². The summed E-state index contributed by atoms with van der Waals surface area (Å²) in [6.45, 7) is 1.75. The number of aryl methyl sites for hydroxylation is 1. The zero-order valence-electron chi connectivity index (χ0n) is 13.0. The minimum absolute atomic E-state index is 0.0209. The van der Waals surface area contributed by atoms with Crippen LogP contribution in [0.3, 0.4) is 0 Å². The van der Waals surface area contributed by atoms with Crippen molar-refractivity contribution in [1.82, 2.24) is 14.2 Å². The van der Waals surface area contributed by atoms with Gasteiger partial charge >= 0.3 is 0 Å². The zero-order chi connectivity index (χ0) is 16.5. The highest BCUT2D eigenvalue weighted by Crippen LogP contribution is 2.26. The van der Waals surface area contributed by atoms with Crippen LogP contribution in [0.1, 0.15) is 23.4 Å². The predicted molar refractivity (Wildman–Crippen MR) is 93.4 cm³/mol. The van der Waals surface area contributed by atoms with E-state index in [4.69, 9.17) is 4.42 Å². The Kier molecular flexibility index (Phi) is 3.74. The highest BCUT2D eigenvalue weighted by molar-refractivity contribution is 7.13. The summed E-state index contributed by atoms with van der Waals surface area (Å²) in [5, 5.41) is 8.81. The number of fused-ring (bicyclic) bond motifs is 1. The van der Waals surface area contributed by atoms with Gasteiger partial charge in [0.25, 0.3) is 5.56 Å². The fourth-order valence-electron chi connectivity index (χ4n) is 2.75. The van der Waals surface area contributed by atoms with Crippen LogP contribution in [0.25, 0.3) is 10.1 Å². The molecular formula is C18H15N3O2S. The van der Waals surface area contributed by atoms with Gasteiger partial charge in [0.1, 0.15) is 6.04 Å². The molecule has 4 rings (SSSR count). The third-order valence-corrected chi connectivity index (χ3v) is 5.07. The van der Waals surface area contributed by atoms with Gasteiger partial charge in [0.05, 0.1) is 10.1 Å². The maximum atomic E-state index is 12.8. The second-order valence-electron chi connectivity index (χ2n) is 5.58. The lowest BCUT2D eigenvalue weighted by Crippen LogP contribution is -2.22. The number of rotatable bonds is 4. The molecule has 0 spiro atoms. The second-order valence-corrected chi connectivity index (χ2v) is 6.60. The Hall–Kier alpha value is -2.73. The maximum absolute atomic E-state index is 12.8. The smallest absolute Gasteiger partial charge is 0.269 e. The minimum atomic E-state index is -0.307. The van der Waals surface area contributed by atoms with E-state index in [1.165, 1.54) is 11.5 Å². The molecule has 2 heterocycles. The molecule has 0 amide bonds. The van der Waals surface area contributed by atoms with Crippen molar-refractivity contribution in [3.8, 4) is 0 Å². The van der Waals surface area contributed by atoms with Gasteiger partial charge in [-0.05, 0) is 17.7 Å². The maximum Gasteiger partial charge on any atom is 0.269 e. The largest absolute Gasteiger partial charge is 0.423 e. The molecule has 0 radical (unpaired) electrons. The van der Waals surface area contributed by atoms with Gasteiger partial charge in [-0.2, -0.15) is 0 Å². The number of hydrogen-bond acceptors (Lipinski definition) is 5. The van der Waals surface area contributed by atoms with Crippen LogP contribution in [0.2, 0.25) is 0 Å². The van der Waals surface area contributed by atoms with Crippen molar-refractivity contribution < 1.29 is 4.42 Å². The Balaban J connectivity index is 1.85. The quantitative estimate of drug-likeness (QED) is 0.571. The predicted octanol–water partition coefficient (Wildman–Crippen LogP) is 3.59. The van der Waals surface area contributed by atoms with E-state index >= 15 is 0 Å². The Morgan fingerprint density at radius 3 is 2.54 bits per heavy atom. The van der Waals surface area contributed by atoms with Crippen molar-refractivity contribution in [3.05, 3.63) is 82.3 Å². The first-order chi connectivity index (χ1) is 11.7. The van der Waals surface area contributed by atoms with Gasteiger partial charge in [-0.3, -0.25) is 8.75 Å². The molecule has 0 unspecified atom stereocenters. The standard InChI is InChI=1S/C18H15N3O2S/c1-12-19-20-17(23-12)15(11-13-7-3-2-4-8-13)21-18(22)14-9-5-6-10-16(14)24-21/h2-10,15H,11H2,1H3/t15-/m0/s1. The molecule has 0 aliphatic carbocycles. The zero-order valence-corrected chi connectivity index (χ0v) is 13.9. The van der Waals surface area contributed by atoms with Gasteiger partial charge in [0.2, 0.25) is 11.8 Å². The van der Waals surface area contributed by atoms with Crippen LogP contribution in [0, 0.1) is 6.92 Å². The van der Waals surface area contributed by atoms with Crippen LogP contribution in [0.15, 0.2) is 63.8 Å². The van der Waals surface area contributed by atoms with Crippen molar-refractivity contribution >= 4 is 21.6 Å². The van der Waals surface area contributed by atoms with Gasteiger partial charge < -0.3 is 4.42 Å². The summed E-state index contributed by atoms with van der Waals surface area (Å²) in [6.07, 6.45) is 0.620. The summed E-state index contributed by atoms with van der Waals surface area (Å²) in [5.41, 5.74) is 1.09. The Labute approximate surface area is 142 Å². The summed E-state index contributed by atoms with van der Waals surface area (Å²) >= 11 is 1.43. The Morgan fingerprint density at radius 2 is 1.83 bits per heavy atom. The van der Waals surface area contributed by atoms with E-state index < -0.39 is 0 Å². The molecule has 2 aromatic heterocycles. The van der Waals surface area contributed by atoms with Crippen molar-refractivity contribution in [3.63, 3.8) is 0 Å². The first-order valence-electron chi connectivity index (χ1n) is 7.67. The summed E-state index contributed by atoms with van der Waals surface area (Å²) in [6, 6.07) is 17.3. The van der Waals surface area contributed by atoms with Crippen LogP contribution in [-0.2, 0) is 6.42 Å². The molecule has 5 nitrogen and oxygen atoms in total. The second kappa shape index (κ2) is 6.05. The van der Waals surface area contributed by atoms with Crippen LogP contribution >= 0.6 is 11.5 Å². The summed E-state index contributed by atoms with van der Waals surface area (Å²) in [4.78, 5) is 12.8. The molecule has 24 heavy (non-hydrogen) atoms. The van der Waals surface area contributed by atoms with E-state index in [9.17, 15) is 4.79 Å². The van der Waals surface area contributed by atoms with Gasteiger partial charge in [0.15, 0.2) is 0 Å². The molecule has 0 fully saturated rings. The summed E-state index contributed by atoms with van der Waals surface area (Å²) < 4.78 is 8.34. The van der Waals surface area contributed by atoms with Gasteiger partial charge in [0, 0.05) is 13.3 Å². The van der Waals surface area contributed by atoms with E-state index in [-0.39, 0.29) is 11.6 Å². The van der Waals surface area contributed by atoms with Gasteiger partial charge in [-0.25, -0.2) is 0 Å². The number of nitrogens with zero attached hydrogens (tertiary/aromatic N) is 3. The van der Waals surface area contributed by atoms with E-state index in [1.807, 2.05) is 54.6 Å². The monoisotopic (exact) mass is 337 g/mol. The Bertz CT molecular complexity index is 1030. The molecular weight excluding hydrogens is 322 g/mol. The van der Waals surface area contributed by atoms with E-state index in [0.717, 1.165) is 15.6 Å². The number of aromatic nitrogens is 3. The summed E-state index contributed by atoms with van der Waals surface area (Å²) in [7, 11) is 0. The minimum Gasteiger partial charge on any atom is -0.423 e. The fraction of sp³-hybridized carbons (Fsp3) is 0.167. The van der Waals surface area contributed by atoms with E-state index in [0.29, 0.717) is 18.2 Å². The van der Waals surface area contributed by atoms with Crippen LogP contribution < -0.4 is 5.56 Å².